The molecule has 2 N–H and O–H groups in total. The van der Waals surface area contributed by atoms with Gasteiger partial charge in [0.15, 0.2) is 5.69 Å². The van der Waals surface area contributed by atoms with Gasteiger partial charge in [0.1, 0.15) is 5.82 Å². The van der Waals surface area contributed by atoms with E-state index in [9.17, 15) is 4.79 Å². The van der Waals surface area contributed by atoms with Gasteiger partial charge in [0, 0.05) is 20.7 Å². The van der Waals surface area contributed by atoms with E-state index in [1.807, 2.05) is 0 Å². The number of carbonyl (C=O) groups excluding carboxylic acids is 1. The van der Waals surface area contributed by atoms with Gasteiger partial charge in [0.05, 0.1) is 19.8 Å². The summed E-state index contributed by atoms with van der Waals surface area (Å²) in [7, 11) is 3.18. The molecule has 1 rings (SSSR count). The molecule has 1 amide bonds. The first-order chi connectivity index (χ1) is 8.77. The highest BCUT2D eigenvalue weighted by molar-refractivity contribution is 5.91. The zero-order valence-electron chi connectivity index (χ0n) is 10.6. The minimum Gasteiger partial charge on any atom is -0.382 e. The van der Waals surface area contributed by atoms with Crippen LogP contribution in [-0.4, -0.2) is 56.6 Å². The van der Waals surface area contributed by atoms with Gasteiger partial charge in [-0.3, -0.25) is 4.79 Å². The summed E-state index contributed by atoms with van der Waals surface area (Å²) in [4.78, 5) is 11.2. The summed E-state index contributed by atoms with van der Waals surface area (Å²) in [6.07, 6.45) is 0. The van der Waals surface area contributed by atoms with Crippen molar-refractivity contribution in [1.29, 1.82) is 0 Å². The Balaban J connectivity index is 2.25. The number of nitrogens with one attached hydrogen (secondary N) is 2. The first-order valence-corrected chi connectivity index (χ1v) is 5.64. The molecule has 0 aliphatic carbocycles. The Morgan fingerprint density at radius 1 is 1.28 bits per heavy atom. The fourth-order valence-electron chi connectivity index (χ4n) is 1.17. The van der Waals surface area contributed by atoms with Gasteiger partial charge in [0.25, 0.3) is 5.91 Å². The van der Waals surface area contributed by atoms with Crippen molar-refractivity contribution < 1.29 is 14.3 Å². The second-order valence-corrected chi connectivity index (χ2v) is 3.41. The molecule has 0 spiro atoms. The van der Waals surface area contributed by atoms with Crippen molar-refractivity contribution in [3.8, 4) is 0 Å². The van der Waals surface area contributed by atoms with Crippen LogP contribution >= 0.6 is 0 Å². The first-order valence-electron chi connectivity index (χ1n) is 5.64. The molecule has 0 bridgehead atoms. The van der Waals surface area contributed by atoms with E-state index in [1.165, 1.54) is 0 Å². The zero-order chi connectivity index (χ0) is 13.2. The molecule has 0 radical (unpaired) electrons. The van der Waals surface area contributed by atoms with Gasteiger partial charge in [0.2, 0.25) is 0 Å². The molecule has 0 aliphatic heterocycles. The molecular weight excluding hydrogens is 236 g/mol. The average Bonchev–Trinajstić information content (AvgIpc) is 2.42. The summed E-state index contributed by atoms with van der Waals surface area (Å²) < 4.78 is 10.1. The summed E-state index contributed by atoms with van der Waals surface area (Å²) in [5, 5.41) is 13.2. The Kier molecular flexibility index (Phi) is 6.67. The van der Waals surface area contributed by atoms with Crippen LogP contribution in [0.5, 0.6) is 0 Å². The highest BCUT2D eigenvalue weighted by Crippen LogP contribution is 2.01. The summed E-state index contributed by atoms with van der Waals surface area (Å²) in [6.45, 7) is 2.33. The lowest BCUT2D eigenvalue weighted by Crippen LogP contribution is -2.20. The Labute approximate surface area is 106 Å². The zero-order valence-corrected chi connectivity index (χ0v) is 10.6. The van der Waals surface area contributed by atoms with E-state index in [-0.39, 0.29) is 5.91 Å². The Morgan fingerprint density at radius 2 is 2.11 bits per heavy atom. The van der Waals surface area contributed by atoms with Gasteiger partial charge in [-0.1, -0.05) is 0 Å². The second-order valence-electron chi connectivity index (χ2n) is 3.41. The maximum atomic E-state index is 11.2. The van der Waals surface area contributed by atoms with E-state index in [0.717, 1.165) is 0 Å². The number of amides is 1. The van der Waals surface area contributed by atoms with Crippen molar-refractivity contribution in [2.75, 3.05) is 45.8 Å². The standard InChI is InChI=1S/C11H18N4O3/c1-12-11(16)9-3-4-10(15-14-9)13-5-6-18-8-7-17-2/h3-4H,5-8H2,1-2H3,(H,12,16)(H,13,15). The highest BCUT2D eigenvalue weighted by Gasteiger charge is 2.04. The van der Waals surface area contributed by atoms with Crippen LogP contribution in [0.3, 0.4) is 0 Å². The average molecular weight is 254 g/mol. The second kappa shape index (κ2) is 8.37. The van der Waals surface area contributed by atoms with Crippen LogP contribution in [0.4, 0.5) is 5.82 Å². The van der Waals surface area contributed by atoms with Crippen LogP contribution in [0.25, 0.3) is 0 Å². The van der Waals surface area contributed by atoms with E-state index in [2.05, 4.69) is 20.8 Å². The Bertz CT molecular complexity index is 356. The fraction of sp³-hybridized carbons (Fsp3) is 0.545. The number of hydrogen-bond donors (Lipinski definition) is 2. The molecular formula is C11H18N4O3. The minimum absolute atomic E-state index is 0.253. The van der Waals surface area contributed by atoms with Crippen LogP contribution in [0.15, 0.2) is 12.1 Å². The Hall–Kier alpha value is -1.73. The quantitative estimate of drug-likeness (QED) is 0.631. The largest absolute Gasteiger partial charge is 0.382 e. The molecule has 7 nitrogen and oxygen atoms in total. The van der Waals surface area contributed by atoms with Crippen LogP contribution in [0, 0.1) is 0 Å². The third-order valence-corrected chi connectivity index (χ3v) is 2.11. The number of methoxy groups -OCH3 is 1. The van der Waals surface area contributed by atoms with Crippen LogP contribution in [0.1, 0.15) is 10.5 Å². The summed E-state index contributed by atoms with van der Waals surface area (Å²) >= 11 is 0. The molecule has 0 saturated carbocycles. The molecule has 7 heteroatoms. The normalized spacial score (nSPS) is 10.1. The van der Waals surface area contributed by atoms with Crippen LogP contribution in [-0.2, 0) is 9.47 Å². The third kappa shape index (κ3) is 5.07. The van der Waals surface area contributed by atoms with Crippen molar-refractivity contribution in [1.82, 2.24) is 15.5 Å². The molecule has 1 heterocycles. The molecule has 0 aromatic carbocycles. The lowest BCUT2D eigenvalue weighted by molar-refractivity contribution is 0.0759. The van der Waals surface area contributed by atoms with Crippen molar-refractivity contribution in [2.45, 2.75) is 0 Å². The smallest absolute Gasteiger partial charge is 0.271 e. The van der Waals surface area contributed by atoms with Crippen molar-refractivity contribution >= 4 is 11.7 Å². The number of ether oxygens (including phenoxy) is 2. The van der Waals surface area contributed by atoms with E-state index in [0.29, 0.717) is 37.9 Å². The maximum absolute atomic E-state index is 11.2. The molecule has 0 fully saturated rings. The molecule has 0 aliphatic rings. The SMILES string of the molecule is CNC(=O)c1ccc(NCCOCCOC)nn1. The predicted octanol–water partition coefficient (Wildman–Crippen LogP) is -0.0889. The van der Waals surface area contributed by atoms with Crippen molar-refractivity contribution in [3.05, 3.63) is 17.8 Å². The van der Waals surface area contributed by atoms with Gasteiger partial charge in [-0.15, -0.1) is 10.2 Å². The maximum Gasteiger partial charge on any atom is 0.271 e. The monoisotopic (exact) mass is 254 g/mol. The van der Waals surface area contributed by atoms with E-state index >= 15 is 0 Å². The number of rotatable bonds is 8. The first kappa shape index (κ1) is 14.3. The lowest BCUT2D eigenvalue weighted by atomic mass is 10.3. The predicted molar refractivity (Wildman–Crippen MR) is 66.6 cm³/mol. The van der Waals surface area contributed by atoms with Gasteiger partial charge in [-0.2, -0.15) is 0 Å². The molecule has 1 aromatic heterocycles. The summed E-state index contributed by atoms with van der Waals surface area (Å²) in [5.41, 5.74) is 0.291. The van der Waals surface area contributed by atoms with Gasteiger partial charge < -0.3 is 20.1 Å². The number of hydrogen-bond acceptors (Lipinski definition) is 6. The number of carbonyl (C=O) groups is 1. The number of nitrogens with zero attached hydrogens (tertiary/aromatic N) is 2. The number of anilines is 1. The van der Waals surface area contributed by atoms with Crippen molar-refractivity contribution in [3.63, 3.8) is 0 Å². The van der Waals surface area contributed by atoms with Crippen LogP contribution < -0.4 is 10.6 Å². The van der Waals surface area contributed by atoms with Crippen molar-refractivity contribution in [2.24, 2.45) is 0 Å². The number of aromatic nitrogens is 2. The van der Waals surface area contributed by atoms with Gasteiger partial charge in [-0.25, -0.2) is 0 Å². The van der Waals surface area contributed by atoms with Crippen LogP contribution in [0.2, 0.25) is 0 Å². The molecule has 0 atom stereocenters. The molecule has 100 valence electrons. The molecule has 18 heavy (non-hydrogen) atoms. The fourth-order valence-corrected chi connectivity index (χ4v) is 1.17. The van der Waals surface area contributed by atoms with Gasteiger partial charge >= 0.3 is 0 Å². The summed E-state index contributed by atoms with van der Waals surface area (Å²) in [6, 6.07) is 3.31. The highest BCUT2D eigenvalue weighted by atomic mass is 16.5. The Morgan fingerprint density at radius 3 is 2.72 bits per heavy atom. The minimum atomic E-state index is -0.253. The lowest BCUT2D eigenvalue weighted by Gasteiger charge is -2.06. The summed E-state index contributed by atoms with van der Waals surface area (Å²) in [5.74, 6) is 0.356. The molecule has 0 unspecified atom stereocenters. The van der Waals surface area contributed by atoms with Gasteiger partial charge in [-0.05, 0) is 12.1 Å². The van der Waals surface area contributed by atoms with E-state index in [1.54, 1.807) is 26.3 Å². The van der Waals surface area contributed by atoms with E-state index in [4.69, 9.17) is 9.47 Å². The third-order valence-electron chi connectivity index (χ3n) is 2.11. The molecule has 1 aromatic rings. The molecule has 0 saturated heterocycles. The van der Waals surface area contributed by atoms with E-state index < -0.39 is 0 Å². The topological polar surface area (TPSA) is 85.4 Å².